The molecule has 1 heterocycles. The van der Waals surface area contributed by atoms with Gasteiger partial charge in [0.1, 0.15) is 5.75 Å². The zero-order valence-corrected chi connectivity index (χ0v) is 17.6. The summed E-state index contributed by atoms with van der Waals surface area (Å²) in [6, 6.07) is 14.0. The van der Waals surface area contributed by atoms with Crippen LogP contribution in [0.3, 0.4) is 0 Å². The zero-order chi connectivity index (χ0) is 21.7. The number of ether oxygens (including phenoxy) is 2. The summed E-state index contributed by atoms with van der Waals surface area (Å²) in [5.41, 5.74) is 2.07. The number of benzene rings is 2. The minimum Gasteiger partial charge on any atom is -0.452 e. The molecular formula is C24H27NO5. The SMILES string of the molecule is CC(=O)Oc1ccc(-c2cccc(C(=O)OCC(=O)N3C[C@@H](C)C[C@H](C)C3)c2)cc1. The Morgan fingerprint density at radius 2 is 1.63 bits per heavy atom. The van der Waals surface area contributed by atoms with Crippen molar-refractivity contribution >= 4 is 17.8 Å². The van der Waals surface area contributed by atoms with E-state index in [0.717, 1.165) is 17.5 Å². The van der Waals surface area contributed by atoms with Crippen LogP contribution in [0.2, 0.25) is 0 Å². The highest BCUT2D eigenvalue weighted by Crippen LogP contribution is 2.24. The highest BCUT2D eigenvalue weighted by Gasteiger charge is 2.26. The first-order valence-electron chi connectivity index (χ1n) is 10.2. The largest absolute Gasteiger partial charge is 0.452 e. The molecule has 0 bridgehead atoms. The fourth-order valence-electron chi connectivity index (χ4n) is 3.88. The number of esters is 2. The van der Waals surface area contributed by atoms with E-state index < -0.39 is 5.97 Å². The molecule has 1 aliphatic rings. The third-order valence-corrected chi connectivity index (χ3v) is 5.10. The van der Waals surface area contributed by atoms with Gasteiger partial charge in [0.05, 0.1) is 5.56 Å². The van der Waals surface area contributed by atoms with Crippen LogP contribution in [0.25, 0.3) is 11.1 Å². The van der Waals surface area contributed by atoms with Gasteiger partial charge in [0.25, 0.3) is 5.91 Å². The highest BCUT2D eigenvalue weighted by molar-refractivity contribution is 5.92. The smallest absolute Gasteiger partial charge is 0.338 e. The molecule has 2 aromatic rings. The van der Waals surface area contributed by atoms with E-state index in [9.17, 15) is 14.4 Å². The van der Waals surface area contributed by atoms with Crippen LogP contribution in [0.15, 0.2) is 48.5 Å². The lowest BCUT2D eigenvalue weighted by atomic mass is 9.92. The number of rotatable bonds is 5. The highest BCUT2D eigenvalue weighted by atomic mass is 16.5. The Morgan fingerprint density at radius 3 is 2.27 bits per heavy atom. The second-order valence-electron chi connectivity index (χ2n) is 8.02. The first kappa shape index (κ1) is 21.6. The van der Waals surface area contributed by atoms with Gasteiger partial charge in [-0.15, -0.1) is 0 Å². The summed E-state index contributed by atoms with van der Waals surface area (Å²) in [6.07, 6.45) is 1.11. The van der Waals surface area contributed by atoms with Crippen molar-refractivity contribution in [2.24, 2.45) is 11.8 Å². The topological polar surface area (TPSA) is 72.9 Å². The van der Waals surface area contributed by atoms with Crippen LogP contribution < -0.4 is 4.74 Å². The zero-order valence-electron chi connectivity index (χ0n) is 17.6. The molecule has 1 aliphatic heterocycles. The molecule has 30 heavy (non-hydrogen) atoms. The Kier molecular flexibility index (Phi) is 6.87. The Labute approximate surface area is 176 Å². The average molecular weight is 409 g/mol. The maximum absolute atomic E-state index is 12.5. The molecule has 2 atom stereocenters. The lowest BCUT2D eigenvalue weighted by molar-refractivity contribution is -0.137. The fraction of sp³-hybridized carbons (Fsp3) is 0.375. The van der Waals surface area contributed by atoms with E-state index in [1.54, 1.807) is 35.2 Å². The van der Waals surface area contributed by atoms with Crippen LogP contribution in [-0.2, 0) is 14.3 Å². The molecule has 0 unspecified atom stereocenters. The average Bonchev–Trinajstić information content (AvgIpc) is 2.71. The van der Waals surface area contributed by atoms with Crippen molar-refractivity contribution in [2.45, 2.75) is 27.2 Å². The number of nitrogens with zero attached hydrogens (tertiary/aromatic N) is 1. The first-order chi connectivity index (χ1) is 14.3. The second kappa shape index (κ2) is 9.57. The van der Waals surface area contributed by atoms with Gasteiger partial charge < -0.3 is 14.4 Å². The molecule has 0 radical (unpaired) electrons. The molecule has 1 fully saturated rings. The fourth-order valence-corrected chi connectivity index (χ4v) is 3.88. The molecule has 0 aromatic heterocycles. The van der Waals surface area contributed by atoms with E-state index in [2.05, 4.69) is 13.8 Å². The molecule has 6 nitrogen and oxygen atoms in total. The van der Waals surface area contributed by atoms with Gasteiger partial charge in [0.15, 0.2) is 6.61 Å². The van der Waals surface area contributed by atoms with E-state index in [1.165, 1.54) is 6.92 Å². The van der Waals surface area contributed by atoms with Crippen LogP contribution in [0.1, 0.15) is 37.6 Å². The van der Waals surface area contributed by atoms with Crippen LogP contribution in [-0.4, -0.2) is 42.4 Å². The first-order valence-corrected chi connectivity index (χ1v) is 10.2. The predicted molar refractivity (Wildman–Crippen MR) is 113 cm³/mol. The van der Waals surface area contributed by atoms with Crippen LogP contribution in [0, 0.1) is 11.8 Å². The molecule has 0 aliphatic carbocycles. The lowest BCUT2D eigenvalue weighted by Crippen LogP contribution is -2.44. The molecule has 0 spiro atoms. The van der Waals surface area contributed by atoms with Gasteiger partial charge in [-0.25, -0.2) is 4.79 Å². The summed E-state index contributed by atoms with van der Waals surface area (Å²) in [5.74, 6) is 0.311. The normalized spacial score (nSPS) is 18.6. The molecule has 6 heteroatoms. The number of likely N-dealkylation sites (tertiary alicyclic amines) is 1. The quantitative estimate of drug-likeness (QED) is 0.552. The maximum Gasteiger partial charge on any atom is 0.338 e. The third kappa shape index (κ3) is 5.69. The number of carbonyl (C=O) groups is 3. The molecule has 158 valence electrons. The van der Waals surface area contributed by atoms with Gasteiger partial charge in [-0.2, -0.15) is 0 Å². The summed E-state index contributed by atoms with van der Waals surface area (Å²) in [4.78, 5) is 37.7. The minimum absolute atomic E-state index is 0.154. The monoisotopic (exact) mass is 409 g/mol. The second-order valence-corrected chi connectivity index (χ2v) is 8.02. The number of hydrogen-bond donors (Lipinski definition) is 0. The summed E-state index contributed by atoms with van der Waals surface area (Å²) in [5, 5.41) is 0. The van der Waals surface area contributed by atoms with Crippen molar-refractivity contribution in [3.05, 3.63) is 54.1 Å². The van der Waals surface area contributed by atoms with E-state index in [1.807, 2.05) is 18.2 Å². The Hall–Kier alpha value is -3.15. The summed E-state index contributed by atoms with van der Waals surface area (Å²) in [6.45, 7) is 6.78. The van der Waals surface area contributed by atoms with Crippen molar-refractivity contribution < 1.29 is 23.9 Å². The van der Waals surface area contributed by atoms with Crippen LogP contribution >= 0.6 is 0 Å². The standard InChI is InChI=1S/C24H27NO5/c1-16-11-17(2)14-25(13-16)23(27)15-29-24(28)21-6-4-5-20(12-21)19-7-9-22(10-8-19)30-18(3)26/h4-10,12,16-17H,11,13-15H2,1-3H3/t16-,17-/m0/s1. The van der Waals surface area contributed by atoms with Crippen molar-refractivity contribution in [3.8, 4) is 16.9 Å². The predicted octanol–water partition coefficient (Wildman–Crippen LogP) is 3.94. The molecule has 1 amide bonds. The molecule has 2 aromatic carbocycles. The van der Waals surface area contributed by atoms with Crippen LogP contribution in [0.5, 0.6) is 5.75 Å². The maximum atomic E-state index is 12.5. The minimum atomic E-state index is -0.528. The van der Waals surface area contributed by atoms with E-state index in [0.29, 0.717) is 36.2 Å². The van der Waals surface area contributed by atoms with E-state index >= 15 is 0 Å². The number of amides is 1. The molecule has 1 saturated heterocycles. The van der Waals surface area contributed by atoms with Gasteiger partial charge in [0.2, 0.25) is 0 Å². The Bertz CT molecular complexity index is 911. The number of carbonyl (C=O) groups excluding carboxylic acids is 3. The summed E-state index contributed by atoms with van der Waals surface area (Å²) < 4.78 is 10.3. The molecule has 3 rings (SSSR count). The van der Waals surface area contributed by atoms with Gasteiger partial charge in [-0.05, 0) is 53.6 Å². The molecule has 0 N–H and O–H groups in total. The van der Waals surface area contributed by atoms with Crippen molar-refractivity contribution in [1.82, 2.24) is 4.90 Å². The van der Waals surface area contributed by atoms with Crippen molar-refractivity contribution in [3.63, 3.8) is 0 Å². The van der Waals surface area contributed by atoms with E-state index in [-0.39, 0.29) is 18.5 Å². The number of hydrogen-bond acceptors (Lipinski definition) is 5. The third-order valence-electron chi connectivity index (χ3n) is 5.10. The lowest BCUT2D eigenvalue weighted by Gasteiger charge is -2.34. The Morgan fingerprint density at radius 1 is 0.967 bits per heavy atom. The van der Waals surface area contributed by atoms with Gasteiger partial charge in [-0.3, -0.25) is 9.59 Å². The van der Waals surface area contributed by atoms with Gasteiger partial charge in [0, 0.05) is 20.0 Å². The summed E-state index contributed by atoms with van der Waals surface area (Å²) in [7, 11) is 0. The Balaban J connectivity index is 1.62. The van der Waals surface area contributed by atoms with Crippen LogP contribution in [0.4, 0.5) is 0 Å². The van der Waals surface area contributed by atoms with Gasteiger partial charge in [-0.1, -0.05) is 38.1 Å². The molecular weight excluding hydrogens is 382 g/mol. The molecule has 0 saturated carbocycles. The van der Waals surface area contributed by atoms with E-state index in [4.69, 9.17) is 9.47 Å². The summed E-state index contributed by atoms with van der Waals surface area (Å²) >= 11 is 0. The number of piperidine rings is 1. The van der Waals surface area contributed by atoms with Crippen molar-refractivity contribution in [2.75, 3.05) is 19.7 Å². The van der Waals surface area contributed by atoms with Crippen molar-refractivity contribution in [1.29, 1.82) is 0 Å². The van der Waals surface area contributed by atoms with Gasteiger partial charge >= 0.3 is 11.9 Å².